The number of aromatic nitrogens is 3. The van der Waals surface area contributed by atoms with Crippen molar-refractivity contribution in [2.45, 2.75) is 26.3 Å². The Hall–Kier alpha value is -3.28. The molecule has 0 fully saturated rings. The number of pyridine rings is 1. The number of carbonyl (C=O) groups is 1. The van der Waals surface area contributed by atoms with Gasteiger partial charge in [0.2, 0.25) is 0 Å². The Bertz CT molecular complexity index is 863. The van der Waals surface area contributed by atoms with Crippen molar-refractivity contribution >= 4 is 17.4 Å². The third-order valence-electron chi connectivity index (χ3n) is 3.93. The van der Waals surface area contributed by atoms with E-state index in [4.69, 9.17) is 0 Å². The van der Waals surface area contributed by atoms with E-state index >= 15 is 0 Å². The molecule has 2 N–H and O–H groups in total. The molecule has 6 nitrogen and oxygen atoms in total. The summed E-state index contributed by atoms with van der Waals surface area (Å²) in [5.41, 5.74) is 3.45. The summed E-state index contributed by atoms with van der Waals surface area (Å²) in [5.74, 6) is 0.733. The lowest BCUT2D eigenvalue weighted by Crippen LogP contribution is -2.24. The van der Waals surface area contributed by atoms with Crippen LogP contribution in [0.5, 0.6) is 0 Å². The van der Waals surface area contributed by atoms with Crippen LogP contribution in [0.25, 0.3) is 0 Å². The topological polar surface area (TPSA) is 79.8 Å². The van der Waals surface area contributed by atoms with E-state index in [2.05, 4.69) is 45.5 Å². The van der Waals surface area contributed by atoms with Crippen molar-refractivity contribution in [3.63, 3.8) is 0 Å². The van der Waals surface area contributed by atoms with Crippen molar-refractivity contribution in [1.82, 2.24) is 20.3 Å². The number of hydrogen-bond donors (Lipinski definition) is 2. The number of nitrogens with zero attached hydrogens (tertiary/aromatic N) is 3. The van der Waals surface area contributed by atoms with E-state index in [1.807, 2.05) is 30.3 Å². The zero-order valence-corrected chi connectivity index (χ0v) is 14.8. The van der Waals surface area contributed by atoms with Crippen LogP contribution in [0, 0.1) is 0 Å². The van der Waals surface area contributed by atoms with Gasteiger partial charge in [0, 0.05) is 24.6 Å². The third-order valence-corrected chi connectivity index (χ3v) is 3.93. The van der Waals surface area contributed by atoms with Gasteiger partial charge >= 0.3 is 0 Å². The van der Waals surface area contributed by atoms with Crippen LogP contribution in [0.4, 0.5) is 11.5 Å². The van der Waals surface area contributed by atoms with Crippen LogP contribution in [0.2, 0.25) is 0 Å². The maximum absolute atomic E-state index is 12.2. The summed E-state index contributed by atoms with van der Waals surface area (Å²) < 4.78 is 0. The molecule has 26 heavy (non-hydrogen) atoms. The van der Waals surface area contributed by atoms with E-state index in [1.165, 1.54) is 11.8 Å². The minimum absolute atomic E-state index is 0.261. The zero-order chi connectivity index (χ0) is 18.4. The van der Waals surface area contributed by atoms with E-state index in [0.717, 1.165) is 11.3 Å². The molecular weight excluding hydrogens is 326 g/mol. The Morgan fingerprint density at radius 1 is 1.04 bits per heavy atom. The molecule has 0 aliphatic heterocycles. The van der Waals surface area contributed by atoms with Crippen molar-refractivity contribution in [1.29, 1.82) is 0 Å². The lowest BCUT2D eigenvalue weighted by atomic mass is 10.0. The maximum atomic E-state index is 12.2. The summed E-state index contributed by atoms with van der Waals surface area (Å²) in [6, 6.07) is 11.8. The second kappa shape index (κ2) is 8.20. The minimum atomic E-state index is -0.261. The molecule has 0 aliphatic carbocycles. The lowest BCUT2D eigenvalue weighted by Gasteiger charge is -2.13. The van der Waals surface area contributed by atoms with Gasteiger partial charge in [-0.25, -0.2) is 9.97 Å². The van der Waals surface area contributed by atoms with Crippen LogP contribution in [0.3, 0.4) is 0 Å². The molecule has 0 bridgehead atoms. The molecule has 132 valence electrons. The van der Waals surface area contributed by atoms with Gasteiger partial charge in [0.05, 0.1) is 12.4 Å². The number of hydrogen-bond acceptors (Lipinski definition) is 5. The SMILES string of the molecule is CC(C)c1ccccc1Nc1cnc(C(=O)NCc2ccncc2)cn1. The highest BCUT2D eigenvalue weighted by atomic mass is 16.1. The highest BCUT2D eigenvalue weighted by Crippen LogP contribution is 2.25. The number of benzene rings is 1. The van der Waals surface area contributed by atoms with E-state index < -0.39 is 0 Å². The molecule has 1 aromatic carbocycles. The van der Waals surface area contributed by atoms with Crippen LogP contribution in [0.15, 0.2) is 61.2 Å². The molecule has 0 spiro atoms. The molecule has 3 aromatic rings. The summed E-state index contributed by atoms with van der Waals surface area (Å²) in [4.78, 5) is 24.6. The van der Waals surface area contributed by atoms with Gasteiger partial charge in [-0.2, -0.15) is 0 Å². The molecule has 0 saturated carbocycles. The van der Waals surface area contributed by atoms with Gasteiger partial charge in [-0.15, -0.1) is 0 Å². The fourth-order valence-electron chi connectivity index (χ4n) is 2.54. The van der Waals surface area contributed by atoms with Crippen molar-refractivity contribution in [3.05, 3.63) is 78.0 Å². The molecule has 0 aliphatic rings. The minimum Gasteiger partial charge on any atom is -0.347 e. The van der Waals surface area contributed by atoms with Gasteiger partial charge < -0.3 is 10.6 Å². The summed E-state index contributed by atoms with van der Waals surface area (Å²) in [5, 5.41) is 6.08. The lowest BCUT2D eigenvalue weighted by molar-refractivity contribution is 0.0945. The van der Waals surface area contributed by atoms with Crippen LogP contribution >= 0.6 is 0 Å². The molecule has 2 heterocycles. The first-order valence-electron chi connectivity index (χ1n) is 8.48. The Morgan fingerprint density at radius 2 is 1.81 bits per heavy atom. The van der Waals surface area contributed by atoms with Crippen molar-refractivity contribution < 1.29 is 4.79 Å². The van der Waals surface area contributed by atoms with E-state index in [0.29, 0.717) is 18.3 Å². The molecule has 3 rings (SSSR count). The second-order valence-electron chi connectivity index (χ2n) is 6.19. The van der Waals surface area contributed by atoms with Crippen LogP contribution in [-0.2, 0) is 6.54 Å². The fraction of sp³-hybridized carbons (Fsp3) is 0.200. The molecule has 1 amide bonds. The zero-order valence-electron chi connectivity index (χ0n) is 14.8. The number of anilines is 2. The Balaban J connectivity index is 1.64. The van der Waals surface area contributed by atoms with Crippen LogP contribution in [-0.4, -0.2) is 20.9 Å². The maximum Gasteiger partial charge on any atom is 0.271 e. The van der Waals surface area contributed by atoms with Gasteiger partial charge in [0.1, 0.15) is 11.5 Å². The fourth-order valence-corrected chi connectivity index (χ4v) is 2.54. The highest BCUT2D eigenvalue weighted by molar-refractivity contribution is 5.92. The Morgan fingerprint density at radius 3 is 2.50 bits per heavy atom. The van der Waals surface area contributed by atoms with Crippen molar-refractivity contribution in [2.24, 2.45) is 0 Å². The predicted molar refractivity (Wildman–Crippen MR) is 101 cm³/mol. The largest absolute Gasteiger partial charge is 0.347 e. The molecule has 2 aromatic heterocycles. The number of amides is 1. The molecule has 0 radical (unpaired) electrons. The second-order valence-corrected chi connectivity index (χ2v) is 6.19. The normalized spacial score (nSPS) is 10.6. The van der Waals surface area contributed by atoms with Gasteiger partial charge in [-0.1, -0.05) is 32.0 Å². The molecule has 0 atom stereocenters. The van der Waals surface area contributed by atoms with Crippen molar-refractivity contribution in [3.8, 4) is 0 Å². The van der Waals surface area contributed by atoms with Crippen molar-refractivity contribution in [2.75, 3.05) is 5.32 Å². The van der Waals surface area contributed by atoms with Crippen LogP contribution in [0.1, 0.15) is 41.4 Å². The monoisotopic (exact) mass is 347 g/mol. The molecular formula is C20H21N5O. The van der Waals surface area contributed by atoms with E-state index in [9.17, 15) is 4.79 Å². The first-order valence-corrected chi connectivity index (χ1v) is 8.48. The number of carbonyl (C=O) groups excluding carboxylic acids is 1. The predicted octanol–water partition coefficient (Wildman–Crippen LogP) is 3.67. The highest BCUT2D eigenvalue weighted by Gasteiger charge is 2.10. The average molecular weight is 347 g/mol. The van der Waals surface area contributed by atoms with Gasteiger partial charge in [-0.05, 0) is 35.2 Å². The average Bonchev–Trinajstić information content (AvgIpc) is 2.68. The summed E-state index contributed by atoms with van der Waals surface area (Å²) in [6.07, 6.45) is 6.42. The first kappa shape index (κ1) is 17.5. The van der Waals surface area contributed by atoms with Crippen LogP contribution < -0.4 is 10.6 Å². The van der Waals surface area contributed by atoms with Gasteiger partial charge in [0.25, 0.3) is 5.91 Å². The third kappa shape index (κ3) is 4.42. The molecule has 0 unspecified atom stereocenters. The Kier molecular flexibility index (Phi) is 5.53. The number of para-hydroxylation sites is 1. The smallest absolute Gasteiger partial charge is 0.271 e. The van der Waals surface area contributed by atoms with Gasteiger partial charge in [0.15, 0.2) is 0 Å². The van der Waals surface area contributed by atoms with E-state index in [-0.39, 0.29) is 11.6 Å². The summed E-state index contributed by atoms with van der Waals surface area (Å²) in [7, 11) is 0. The molecule has 0 saturated heterocycles. The summed E-state index contributed by atoms with van der Waals surface area (Å²) >= 11 is 0. The molecule has 6 heteroatoms. The quantitative estimate of drug-likeness (QED) is 0.711. The number of nitrogens with one attached hydrogen (secondary N) is 2. The summed E-state index contributed by atoms with van der Waals surface area (Å²) in [6.45, 7) is 4.70. The van der Waals surface area contributed by atoms with Gasteiger partial charge in [-0.3, -0.25) is 9.78 Å². The number of rotatable bonds is 6. The first-order chi connectivity index (χ1) is 12.6. The van der Waals surface area contributed by atoms with E-state index in [1.54, 1.807) is 18.6 Å². The standard InChI is InChI=1S/C20H21N5O/c1-14(2)16-5-3-4-6-17(16)25-19-13-22-18(12-23-19)20(26)24-11-15-7-9-21-10-8-15/h3-10,12-14H,11H2,1-2H3,(H,23,25)(H,24,26). The Labute approximate surface area is 152 Å².